The van der Waals surface area contributed by atoms with Gasteiger partial charge in [0.25, 0.3) is 0 Å². The van der Waals surface area contributed by atoms with E-state index >= 15 is 0 Å². The number of nitrogens with zero attached hydrogens (tertiary/aromatic N) is 1. The molecule has 0 amide bonds. The van der Waals surface area contributed by atoms with Crippen molar-refractivity contribution >= 4 is 11.8 Å². The molecular weight excluding hydrogens is 230 g/mol. The molecule has 0 aliphatic carbocycles. The Morgan fingerprint density at radius 2 is 1.94 bits per heavy atom. The lowest BCUT2D eigenvalue weighted by Gasteiger charge is -2.17. The van der Waals surface area contributed by atoms with Gasteiger partial charge in [-0.15, -0.1) is 0 Å². The van der Waals surface area contributed by atoms with E-state index in [0.29, 0.717) is 12.3 Å². The van der Waals surface area contributed by atoms with E-state index in [1.54, 1.807) is 0 Å². The second-order valence-electron chi connectivity index (χ2n) is 5.16. The summed E-state index contributed by atoms with van der Waals surface area (Å²) in [5, 5.41) is 0. The predicted molar refractivity (Wildman–Crippen MR) is 70.3 cm³/mol. The molecular formula is C14H25NO3. The average molecular weight is 255 g/mol. The van der Waals surface area contributed by atoms with Gasteiger partial charge in [0.15, 0.2) is 0 Å². The maximum Gasteiger partial charge on any atom is 0.306 e. The lowest BCUT2D eigenvalue weighted by atomic mass is 10.0. The largest absolute Gasteiger partial charge is 0.461 e. The van der Waals surface area contributed by atoms with Gasteiger partial charge in [0, 0.05) is 25.4 Å². The second kappa shape index (κ2) is 7.52. The maximum atomic E-state index is 11.6. The zero-order chi connectivity index (χ0) is 13.5. The van der Waals surface area contributed by atoms with E-state index in [1.807, 2.05) is 0 Å². The first kappa shape index (κ1) is 15.2. The number of hydrogen-bond donors (Lipinski definition) is 0. The Balaban J connectivity index is 2.39. The Kier molecular flexibility index (Phi) is 6.33. The van der Waals surface area contributed by atoms with Gasteiger partial charge < -0.3 is 9.53 Å². The van der Waals surface area contributed by atoms with Crippen molar-refractivity contribution in [1.29, 1.82) is 0 Å². The third kappa shape index (κ3) is 4.77. The van der Waals surface area contributed by atoms with Crippen molar-refractivity contribution in [2.24, 2.45) is 5.92 Å². The first-order valence-electron chi connectivity index (χ1n) is 6.98. The summed E-state index contributed by atoms with van der Waals surface area (Å²) in [5.41, 5.74) is 0. The highest BCUT2D eigenvalue weighted by molar-refractivity contribution is 5.81. The minimum absolute atomic E-state index is 0.0148. The van der Waals surface area contributed by atoms with Gasteiger partial charge >= 0.3 is 5.97 Å². The normalized spacial score (nSPS) is 24.2. The fourth-order valence-electron chi connectivity index (χ4n) is 2.46. The molecule has 1 saturated heterocycles. The van der Waals surface area contributed by atoms with Crippen LogP contribution in [0.25, 0.3) is 0 Å². The molecule has 1 aliphatic heterocycles. The number of carbonyl (C=O) groups excluding carboxylic acids is 2. The van der Waals surface area contributed by atoms with Gasteiger partial charge in [-0.05, 0) is 26.3 Å². The topological polar surface area (TPSA) is 46.6 Å². The first-order chi connectivity index (χ1) is 8.56. The van der Waals surface area contributed by atoms with Gasteiger partial charge in [0.1, 0.15) is 11.9 Å². The van der Waals surface area contributed by atoms with Crippen LogP contribution in [-0.4, -0.2) is 42.4 Å². The van der Waals surface area contributed by atoms with E-state index in [-0.39, 0.29) is 24.3 Å². The highest BCUT2D eigenvalue weighted by Crippen LogP contribution is 2.23. The number of ether oxygens (including phenoxy) is 1. The van der Waals surface area contributed by atoms with Gasteiger partial charge in [-0.25, -0.2) is 0 Å². The maximum absolute atomic E-state index is 11.6. The van der Waals surface area contributed by atoms with Crippen LogP contribution in [0.4, 0.5) is 0 Å². The summed E-state index contributed by atoms with van der Waals surface area (Å²) in [5.74, 6) is 0.253. The molecule has 4 nitrogen and oxygen atoms in total. The molecule has 0 spiro atoms. The number of rotatable bonds is 7. The Labute approximate surface area is 110 Å². The SMILES string of the molecule is CCCN1C[C@@H](CC)[C@@H](OC(=O)CCC(C)=O)C1. The molecule has 0 bridgehead atoms. The molecule has 1 rings (SSSR count). The van der Waals surface area contributed by atoms with Crippen LogP contribution in [0.15, 0.2) is 0 Å². The quantitative estimate of drug-likeness (QED) is 0.653. The van der Waals surface area contributed by atoms with Crippen molar-refractivity contribution in [3.63, 3.8) is 0 Å². The van der Waals surface area contributed by atoms with Gasteiger partial charge in [-0.1, -0.05) is 13.8 Å². The zero-order valence-electron chi connectivity index (χ0n) is 11.8. The monoisotopic (exact) mass is 255 g/mol. The molecule has 0 saturated carbocycles. The van der Waals surface area contributed by atoms with E-state index in [0.717, 1.165) is 32.5 Å². The van der Waals surface area contributed by atoms with Gasteiger partial charge in [0.2, 0.25) is 0 Å². The van der Waals surface area contributed by atoms with Crippen LogP contribution in [0.5, 0.6) is 0 Å². The van der Waals surface area contributed by atoms with Crippen molar-refractivity contribution in [2.75, 3.05) is 19.6 Å². The number of esters is 1. The fourth-order valence-corrected chi connectivity index (χ4v) is 2.46. The highest BCUT2D eigenvalue weighted by Gasteiger charge is 2.33. The number of Topliss-reactive ketones (excluding diaryl/α,β-unsaturated/α-hetero) is 1. The standard InChI is InChI=1S/C14H25NO3/c1-4-8-15-9-12(5-2)13(10-15)18-14(17)7-6-11(3)16/h12-13H,4-10H2,1-3H3/t12-,13+/m1/s1. The molecule has 0 unspecified atom stereocenters. The van der Waals surface area contributed by atoms with E-state index in [9.17, 15) is 9.59 Å². The molecule has 0 radical (unpaired) electrons. The molecule has 4 heteroatoms. The summed E-state index contributed by atoms with van der Waals surface area (Å²) < 4.78 is 5.51. The lowest BCUT2D eigenvalue weighted by Crippen LogP contribution is -2.27. The van der Waals surface area contributed by atoms with Crippen molar-refractivity contribution in [1.82, 2.24) is 4.90 Å². The smallest absolute Gasteiger partial charge is 0.306 e. The third-order valence-electron chi connectivity index (χ3n) is 3.48. The number of hydrogen-bond acceptors (Lipinski definition) is 4. The Bertz CT molecular complexity index is 291. The highest BCUT2D eigenvalue weighted by atomic mass is 16.5. The van der Waals surface area contributed by atoms with Crippen molar-refractivity contribution in [3.05, 3.63) is 0 Å². The molecule has 0 N–H and O–H groups in total. The summed E-state index contributed by atoms with van der Waals surface area (Å²) in [6.45, 7) is 8.73. The van der Waals surface area contributed by atoms with Crippen LogP contribution >= 0.6 is 0 Å². The van der Waals surface area contributed by atoms with E-state index in [1.165, 1.54) is 6.92 Å². The first-order valence-corrected chi connectivity index (χ1v) is 6.98. The molecule has 1 aliphatic rings. The minimum Gasteiger partial charge on any atom is -0.461 e. The summed E-state index contributed by atoms with van der Waals surface area (Å²) >= 11 is 0. The number of likely N-dealkylation sites (tertiary alicyclic amines) is 1. The summed E-state index contributed by atoms with van der Waals surface area (Å²) in [7, 11) is 0. The van der Waals surface area contributed by atoms with Crippen molar-refractivity contribution < 1.29 is 14.3 Å². The van der Waals surface area contributed by atoms with Crippen LogP contribution < -0.4 is 0 Å². The van der Waals surface area contributed by atoms with Gasteiger partial charge in [-0.2, -0.15) is 0 Å². The minimum atomic E-state index is -0.230. The number of carbonyl (C=O) groups is 2. The summed E-state index contributed by atoms with van der Waals surface area (Å²) in [6, 6.07) is 0. The van der Waals surface area contributed by atoms with Gasteiger partial charge in [0.05, 0.1) is 6.42 Å². The van der Waals surface area contributed by atoms with Crippen LogP contribution in [0.1, 0.15) is 46.5 Å². The summed E-state index contributed by atoms with van der Waals surface area (Å²) in [4.78, 5) is 24.8. The second-order valence-corrected chi connectivity index (χ2v) is 5.16. The third-order valence-corrected chi connectivity index (χ3v) is 3.48. The Morgan fingerprint density at radius 1 is 1.22 bits per heavy atom. The molecule has 104 valence electrons. The van der Waals surface area contributed by atoms with Crippen LogP contribution in [0.3, 0.4) is 0 Å². The molecule has 1 heterocycles. The van der Waals surface area contributed by atoms with Crippen LogP contribution in [-0.2, 0) is 14.3 Å². The van der Waals surface area contributed by atoms with Crippen LogP contribution in [0.2, 0.25) is 0 Å². The Morgan fingerprint density at radius 3 is 2.50 bits per heavy atom. The van der Waals surface area contributed by atoms with E-state index < -0.39 is 0 Å². The fraction of sp³-hybridized carbons (Fsp3) is 0.857. The van der Waals surface area contributed by atoms with Crippen molar-refractivity contribution in [2.45, 2.75) is 52.6 Å². The molecule has 18 heavy (non-hydrogen) atoms. The molecule has 0 aromatic heterocycles. The zero-order valence-corrected chi connectivity index (χ0v) is 11.8. The van der Waals surface area contributed by atoms with Gasteiger partial charge in [-0.3, -0.25) is 9.69 Å². The van der Waals surface area contributed by atoms with Crippen LogP contribution in [0, 0.1) is 5.92 Å². The van der Waals surface area contributed by atoms with Crippen molar-refractivity contribution in [3.8, 4) is 0 Å². The van der Waals surface area contributed by atoms with E-state index in [4.69, 9.17) is 4.74 Å². The van der Waals surface area contributed by atoms with E-state index in [2.05, 4.69) is 18.7 Å². The predicted octanol–water partition coefficient (Wildman–Crippen LogP) is 2.02. The molecule has 1 fully saturated rings. The molecule has 2 atom stereocenters. The number of ketones is 1. The average Bonchev–Trinajstić information content (AvgIpc) is 2.69. The molecule has 0 aromatic carbocycles. The Hall–Kier alpha value is -0.900. The summed E-state index contributed by atoms with van der Waals surface area (Å²) in [6.07, 6.45) is 2.68. The molecule has 0 aromatic rings. The lowest BCUT2D eigenvalue weighted by molar-refractivity contribution is -0.151.